The third-order valence-corrected chi connectivity index (χ3v) is 4.33. The molecule has 2 aromatic rings. The number of nitrogen functional groups attached to an aromatic ring is 2. The van der Waals surface area contributed by atoms with Gasteiger partial charge in [0.2, 0.25) is 5.95 Å². The van der Waals surface area contributed by atoms with Gasteiger partial charge < -0.3 is 31.5 Å². The highest BCUT2D eigenvalue weighted by Crippen LogP contribution is 2.44. The molecule has 120 valence electrons. The maximum atomic E-state index is 10.7. The lowest BCUT2D eigenvalue weighted by Crippen LogP contribution is -2.53. The van der Waals surface area contributed by atoms with Crippen molar-refractivity contribution >= 4 is 22.9 Å². The summed E-state index contributed by atoms with van der Waals surface area (Å²) in [4.78, 5) is 12.0. The first-order chi connectivity index (χ1) is 10.2. The molecule has 10 nitrogen and oxygen atoms in total. The van der Waals surface area contributed by atoms with Crippen molar-refractivity contribution in [3.8, 4) is 0 Å². The second-order valence-electron chi connectivity index (χ2n) is 5.67. The first kappa shape index (κ1) is 14.9. The normalized spacial score (nSPS) is 35.3. The number of hydrogen-bond donors (Lipinski definition) is 5. The van der Waals surface area contributed by atoms with Crippen molar-refractivity contribution < 1.29 is 20.1 Å². The van der Waals surface area contributed by atoms with E-state index < -0.39 is 30.1 Å². The molecule has 0 bridgehead atoms. The second kappa shape index (κ2) is 4.49. The number of imidazole rings is 1. The summed E-state index contributed by atoms with van der Waals surface area (Å²) >= 11 is 0. The lowest BCUT2D eigenvalue weighted by atomic mass is 9.88. The molecule has 0 radical (unpaired) electrons. The minimum absolute atomic E-state index is 0.0488. The quantitative estimate of drug-likeness (QED) is 0.428. The zero-order valence-corrected chi connectivity index (χ0v) is 12.1. The summed E-state index contributed by atoms with van der Waals surface area (Å²) in [5.41, 5.74) is 8.80. The smallest absolute Gasteiger partial charge is 0.224 e. The number of aromatic nitrogens is 4. The van der Waals surface area contributed by atoms with Gasteiger partial charge in [-0.2, -0.15) is 9.97 Å². The number of nitrogens with zero attached hydrogens (tertiary/aromatic N) is 4. The zero-order chi connectivity index (χ0) is 16.3. The van der Waals surface area contributed by atoms with Crippen LogP contribution in [0.3, 0.4) is 0 Å². The van der Waals surface area contributed by atoms with E-state index in [4.69, 9.17) is 16.2 Å². The Hall–Kier alpha value is -2.01. The van der Waals surface area contributed by atoms with E-state index in [1.807, 2.05) is 0 Å². The summed E-state index contributed by atoms with van der Waals surface area (Å²) in [7, 11) is 0. The van der Waals surface area contributed by atoms with Gasteiger partial charge in [-0.15, -0.1) is 0 Å². The second-order valence-corrected chi connectivity index (χ2v) is 5.67. The number of nitrogens with two attached hydrogens (primary N) is 2. The fraction of sp³-hybridized carbons (Fsp3) is 0.583. The number of fused-ring (bicyclic) bond motifs is 1. The van der Waals surface area contributed by atoms with Gasteiger partial charge in [-0.3, -0.25) is 4.57 Å². The Morgan fingerprint density at radius 2 is 2.05 bits per heavy atom. The van der Waals surface area contributed by atoms with E-state index in [0.717, 1.165) is 0 Å². The first-order valence-corrected chi connectivity index (χ1v) is 6.68. The molecule has 0 spiro atoms. The minimum Gasteiger partial charge on any atom is -0.394 e. The van der Waals surface area contributed by atoms with E-state index >= 15 is 0 Å². The highest BCUT2D eigenvalue weighted by Gasteiger charge is 2.61. The van der Waals surface area contributed by atoms with Crippen molar-refractivity contribution in [1.82, 2.24) is 19.5 Å². The van der Waals surface area contributed by atoms with Crippen molar-refractivity contribution in [2.24, 2.45) is 0 Å². The molecule has 1 saturated heterocycles. The molecule has 3 rings (SSSR count). The Morgan fingerprint density at radius 3 is 2.64 bits per heavy atom. The van der Waals surface area contributed by atoms with Gasteiger partial charge in [0.05, 0.1) is 12.9 Å². The maximum Gasteiger partial charge on any atom is 0.224 e. The fourth-order valence-electron chi connectivity index (χ4n) is 2.80. The van der Waals surface area contributed by atoms with Gasteiger partial charge >= 0.3 is 0 Å². The van der Waals surface area contributed by atoms with E-state index in [1.165, 1.54) is 17.8 Å². The van der Waals surface area contributed by atoms with Gasteiger partial charge in [-0.25, -0.2) is 4.98 Å². The monoisotopic (exact) mass is 310 g/mol. The molecule has 4 atom stereocenters. The van der Waals surface area contributed by atoms with Gasteiger partial charge in [-0.1, -0.05) is 0 Å². The number of hydrogen-bond acceptors (Lipinski definition) is 9. The molecule has 0 amide bonds. The van der Waals surface area contributed by atoms with E-state index in [2.05, 4.69) is 15.0 Å². The van der Waals surface area contributed by atoms with Gasteiger partial charge in [0.1, 0.15) is 23.3 Å². The fourth-order valence-corrected chi connectivity index (χ4v) is 2.80. The highest BCUT2D eigenvalue weighted by molar-refractivity contribution is 5.82. The third-order valence-electron chi connectivity index (χ3n) is 4.33. The molecule has 2 aromatic heterocycles. The summed E-state index contributed by atoms with van der Waals surface area (Å²) < 4.78 is 7.11. The van der Waals surface area contributed by atoms with Crippen LogP contribution in [0.5, 0.6) is 0 Å². The number of aliphatic hydroxyl groups is 3. The molecular weight excluding hydrogens is 292 g/mol. The van der Waals surface area contributed by atoms with Gasteiger partial charge in [0.15, 0.2) is 17.2 Å². The lowest BCUT2D eigenvalue weighted by molar-refractivity contribution is -0.174. The van der Waals surface area contributed by atoms with Crippen LogP contribution in [0.1, 0.15) is 13.8 Å². The van der Waals surface area contributed by atoms with Crippen LogP contribution in [-0.2, 0) is 10.5 Å². The number of aliphatic hydroxyl groups excluding tert-OH is 2. The summed E-state index contributed by atoms with van der Waals surface area (Å²) in [6.07, 6.45) is -0.874. The molecular formula is C12H18N6O4. The first-order valence-electron chi connectivity index (χ1n) is 6.68. The summed E-state index contributed by atoms with van der Waals surface area (Å²) in [6, 6.07) is 0. The van der Waals surface area contributed by atoms with Crippen molar-refractivity contribution in [2.45, 2.75) is 37.4 Å². The SMILES string of the molecule is C[C@@]1(n2cnc3c(N)nc(N)nc32)O[C@H](CO)[C@@H](O)[C@@]1(C)O. The molecule has 0 aromatic carbocycles. The van der Waals surface area contributed by atoms with Gasteiger partial charge in [-0.05, 0) is 13.8 Å². The van der Waals surface area contributed by atoms with Crippen LogP contribution in [0.2, 0.25) is 0 Å². The van der Waals surface area contributed by atoms with Crippen LogP contribution in [-0.4, -0.2) is 59.3 Å². The number of rotatable bonds is 2. The Labute approximate surface area is 125 Å². The van der Waals surface area contributed by atoms with E-state index in [1.54, 1.807) is 6.92 Å². The Morgan fingerprint density at radius 1 is 1.36 bits per heavy atom. The molecule has 1 fully saturated rings. The van der Waals surface area contributed by atoms with Crippen LogP contribution in [0, 0.1) is 0 Å². The van der Waals surface area contributed by atoms with Crippen molar-refractivity contribution in [2.75, 3.05) is 18.1 Å². The van der Waals surface area contributed by atoms with E-state index in [0.29, 0.717) is 5.52 Å². The molecule has 1 aliphatic heterocycles. The van der Waals surface area contributed by atoms with E-state index in [9.17, 15) is 15.3 Å². The van der Waals surface area contributed by atoms with Crippen LogP contribution in [0.25, 0.3) is 11.2 Å². The van der Waals surface area contributed by atoms with Crippen LogP contribution in [0.4, 0.5) is 11.8 Å². The predicted molar refractivity (Wildman–Crippen MR) is 76.4 cm³/mol. The molecule has 3 heterocycles. The van der Waals surface area contributed by atoms with Crippen LogP contribution in [0.15, 0.2) is 6.33 Å². The average Bonchev–Trinajstić information content (AvgIpc) is 2.93. The Kier molecular flexibility index (Phi) is 3.04. The van der Waals surface area contributed by atoms with Crippen LogP contribution >= 0.6 is 0 Å². The molecule has 10 heteroatoms. The molecule has 7 N–H and O–H groups in total. The number of ether oxygens (including phenoxy) is 1. The Balaban J connectivity index is 2.22. The third kappa shape index (κ3) is 1.72. The zero-order valence-electron chi connectivity index (χ0n) is 12.1. The summed E-state index contributed by atoms with van der Waals surface area (Å²) in [6.45, 7) is 2.52. The molecule has 22 heavy (non-hydrogen) atoms. The predicted octanol–water partition coefficient (Wildman–Crippen LogP) is -1.83. The molecule has 1 aliphatic rings. The molecule has 0 unspecified atom stereocenters. The van der Waals surface area contributed by atoms with Crippen molar-refractivity contribution in [3.05, 3.63) is 6.33 Å². The average molecular weight is 310 g/mol. The van der Waals surface area contributed by atoms with Crippen molar-refractivity contribution in [1.29, 1.82) is 0 Å². The standard InChI is InChI=1S/C12H18N6O4/c1-11(21)7(20)5(3-19)22-12(11,2)18-4-15-6-8(13)16-10(14)17-9(6)18/h4-5,7,19-21H,3H2,1-2H3,(H4,13,14,16,17)/t5-,7-,11-,12-/m1/s1. The minimum atomic E-state index is -1.71. The van der Waals surface area contributed by atoms with Gasteiger partial charge in [0, 0.05) is 0 Å². The molecule has 0 saturated carbocycles. The van der Waals surface area contributed by atoms with Crippen LogP contribution < -0.4 is 11.5 Å². The molecule has 0 aliphatic carbocycles. The largest absolute Gasteiger partial charge is 0.394 e. The highest BCUT2D eigenvalue weighted by atomic mass is 16.6. The van der Waals surface area contributed by atoms with Gasteiger partial charge in [0.25, 0.3) is 0 Å². The topological polar surface area (TPSA) is 166 Å². The van der Waals surface area contributed by atoms with Crippen molar-refractivity contribution in [3.63, 3.8) is 0 Å². The summed E-state index contributed by atoms with van der Waals surface area (Å²) in [5.74, 6) is 0.0500. The lowest BCUT2D eigenvalue weighted by Gasteiger charge is -2.37. The summed E-state index contributed by atoms with van der Waals surface area (Å²) in [5, 5.41) is 30.2. The maximum absolute atomic E-state index is 10.7. The Bertz CT molecular complexity index is 732. The number of anilines is 2. The van der Waals surface area contributed by atoms with E-state index in [-0.39, 0.29) is 17.4 Å².